The van der Waals surface area contributed by atoms with Gasteiger partial charge in [-0.05, 0) is 56.0 Å². The monoisotopic (exact) mass is 455 g/mol. The van der Waals surface area contributed by atoms with Crippen LogP contribution in [0.2, 0.25) is 0 Å². The number of benzene rings is 2. The van der Waals surface area contributed by atoms with Crippen LogP contribution in [-0.4, -0.2) is 26.7 Å². The van der Waals surface area contributed by atoms with Crippen LogP contribution in [0, 0.1) is 19.3 Å². The van der Waals surface area contributed by atoms with Crippen LogP contribution in [0.5, 0.6) is 0 Å². The van der Waals surface area contributed by atoms with Crippen LogP contribution in [0.15, 0.2) is 47.1 Å². The number of hydrogen-bond donors (Lipinski definition) is 4. The zero-order valence-electron chi connectivity index (χ0n) is 19.5. The molecule has 1 aliphatic carbocycles. The normalized spacial score (nSPS) is 14.3. The van der Waals surface area contributed by atoms with Gasteiger partial charge in [0.1, 0.15) is 23.5 Å². The first-order valence-electron chi connectivity index (χ1n) is 11.7. The molecule has 4 aromatic rings. The molecule has 0 unspecified atom stereocenters. The van der Waals surface area contributed by atoms with E-state index in [0.29, 0.717) is 29.3 Å². The standard InChI is InChI=1S/C26H29N7O/c1-15-12-16(2)23-20(13-15)33-26(34-23)32-19-10-8-17(9-11-19)22(27)21-24(28)29-14-30-25(21)31-18-6-4-3-5-7-18/h8-14,18,27H,3-7H2,1-2H3,(H,32,33)(H3,28,29,30,31). The molecule has 174 valence electrons. The van der Waals surface area contributed by atoms with Gasteiger partial charge < -0.3 is 20.8 Å². The highest BCUT2D eigenvalue weighted by Crippen LogP contribution is 2.28. The van der Waals surface area contributed by atoms with Gasteiger partial charge >= 0.3 is 0 Å². The van der Waals surface area contributed by atoms with Crippen LogP contribution in [-0.2, 0) is 0 Å². The minimum Gasteiger partial charge on any atom is -0.423 e. The van der Waals surface area contributed by atoms with Gasteiger partial charge in [-0.3, -0.25) is 5.41 Å². The predicted octanol–water partition coefficient (Wildman–Crippen LogP) is 5.72. The van der Waals surface area contributed by atoms with Gasteiger partial charge in [-0.2, -0.15) is 4.98 Å². The molecule has 0 radical (unpaired) electrons. The average molecular weight is 456 g/mol. The van der Waals surface area contributed by atoms with E-state index >= 15 is 0 Å². The Hall–Kier alpha value is -3.94. The maximum atomic E-state index is 8.83. The molecule has 0 atom stereocenters. The van der Waals surface area contributed by atoms with Crippen molar-refractivity contribution in [3.05, 3.63) is 65.0 Å². The van der Waals surface area contributed by atoms with Crippen molar-refractivity contribution in [2.75, 3.05) is 16.4 Å². The average Bonchev–Trinajstić information content (AvgIpc) is 3.22. The molecule has 5 rings (SSSR count). The number of aryl methyl sites for hydroxylation is 2. The lowest BCUT2D eigenvalue weighted by Crippen LogP contribution is -2.25. The summed E-state index contributed by atoms with van der Waals surface area (Å²) in [7, 11) is 0. The van der Waals surface area contributed by atoms with Crippen molar-refractivity contribution in [3.8, 4) is 0 Å². The van der Waals surface area contributed by atoms with E-state index in [0.717, 1.165) is 46.3 Å². The third-order valence-corrected chi connectivity index (χ3v) is 6.32. The van der Waals surface area contributed by atoms with Gasteiger partial charge in [0.05, 0.1) is 11.3 Å². The third-order valence-electron chi connectivity index (χ3n) is 6.32. The number of oxazole rings is 1. The Morgan fingerprint density at radius 1 is 1.06 bits per heavy atom. The van der Waals surface area contributed by atoms with E-state index < -0.39 is 0 Å². The molecule has 2 aromatic carbocycles. The van der Waals surface area contributed by atoms with Gasteiger partial charge in [-0.15, -0.1) is 0 Å². The molecule has 8 heteroatoms. The number of fused-ring (bicyclic) bond motifs is 1. The summed E-state index contributed by atoms with van der Waals surface area (Å²) >= 11 is 0. The van der Waals surface area contributed by atoms with Crippen molar-refractivity contribution >= 4 is 40.1 Å². The van der Waals surface area contributed by atoms with Crippen LogP contribution < -0.4 is 16.4 Å². The smallest absolute Gasteiger partial charge is 0.300 e. The van der Waals surface area contributed by atoms with E-state index in [-0.39, 0.29) is 5.71 Å². The zero-order chi connectivity index (χ0) is 23.7. The Kier molecular flexibility index (Phi) is 5.88. The van der Waals surface area contributed by atoms with E-state index in [1.165, 1.54) is 25.6 Å². The van der Waals surface area contributed by atoms with E-state index in [4.69, 9.17) is 15.6 Å². The first kappa shape index (κ1) is 21.9. The third kappa shape index (κ3) is 4.44. The van der Waals surface area contributed by atoms with Gasteiger partial charge in [-0.25, -0.2) is 9.97 Å². The fourth-order valence-electron chi connectivity index (χ4n) is 4.61. The Labute approximate surface area is 198 Å². The highest BCUT2D eigenvalue weighted by Gasteiger charge is 2.20. The molecule has 1 aliphatic rings. The van der Waals surface area contributed by atoms with Crippen molar-refractivity contribution in [1.82, 2.24) is 15.0 Å². The summed E-state index contributed by atoms with van der Waals surface area (Å²) in [6.07, 6.45) is 7.35. The van der Waals surface area contributed by atoms with Crippen molar-refractivity contribution in [2.24, 2.45) is 0 Å². The highest BCUT2D eigenvalue weighted by atomic mass is 16.4. The number of hydrogen-bond acceptors (Lipinski definition) is 8. The first-order valence-corrected chi connectivity index (χ1v) is 11.7. The summed E-state index contributed by atoms with van der Waals surface area (Å²) in [6, 6.07) is 12.4. The molecular formula is C26H29N7O. The van der Waals surface area contributed by atoms with Crippen molar-refractivity contribution in [2.45, 2.75) is 52.0 Å². The Bertz CT molecular complexity index is 1340. The molecule has 1 saturated carbocycles. The van der Waals surface area contributed by atoms with E-state index in [9.17, 15) is 0 Å². The summed E-state index contributed by atoms with van der Waals surface area (Å²) in [6.45, 7) is 4.06. The lowest BCUT2D eigenvalue weighted by atomic mass is 9.95. The molecule has 2 heterocycles. The molecular weight excluding hydrogens is 426 g/mol. The predicted molar refractivity (Wildman–Crippen MR) is 136 cm³/mol. The van der Waals surface area contributed by atoms with Crippen LogP contribution >= 0.6 is 0 Å². The van der Waals surface area contributed by atoms with Crippen molar-refractivity contribution in [1.29, 1.82) is 5.41 Å². The molecule has 34 heavy (non-hydrogen) atoms. The van der Waals surface area contributed by atoms with Crippen LogP contribution in [0.25, 0.3) is 11.1 Å². The molecule has 8 nitrogen and oxygen atoms in total. The largest absolute Gasteiger partial charge is 0.423 e. The second kappa shape index (κ2) is 9.13. The van der Waals surface area contributed by atoms with Crippen molar-refractivity contribution in [3.63, 3.8) is 0 Å². The summed E-state index contributed by atoms with van der Waals surface area (Å²) in [5.41, 5.74) is 12.4. The minimum absolute atomic E-state index is 0.288. The first-order chi connectivity index (χ1) is 16.5. The molecule has 0 saturated heterocycles. The van der Waals surface area contributed by atoms with E-state index in [1.54, 1.807) is 0 Å². The number of aromatic nitrogens is 3. The number of nitrogens with zero attached hydrogens (tertiary/aromatic N) is 3. The zero-order valence-corrected chi connectivity index (χ0v) is 19.5. The lowest BCUT2D eigenvalue weighted by molar-refractivity contribution is 0.462. The molecule has 1 fully saturated rings. The second-order valence-electron chi connectivity index (χ2n) is 8.99. The second-order valence-corrected chi connectivity index (χ2v) is 8.99. The molecule has 5 N–H and O–H groups in total. The van der Waals surface area contributed by atoms with Gasteiger partial charge in [0.25, 0.3) is 6.01 Å². The molecule has 2 aromatic heterocycles. The Balaban J connectivity index is 1.36. The summed E-state index contributed by atoms with van der Waals surface area (Å²) in [5, 5.41) is 15.5. The molecule has 0 bridgehead atoms. The SMILES string of the molecule is Cc1cc(C)c2oc(Nc3ccc(C(=N)c4c(N)ncnc4NC4CCCCC4)cc3)nc2c1. The lowest BCUT2D eigenvalue weighted by Gasteiger charge is -2.24. The maximum Gasteiger partial charge on any atom is 0.300 e. The fourth-order valence-corrected chi connectivity index (χ4v) is 4.61. The summed E-state index contributed by atoms with van der Waals surface area (Å²) in [4.78, 5) is 13.1. The van der Waals surface area contributed by atoms with Gasteiger partial charge in [0.2, 0.25) is 0 Å². The van der Waals surface area contributed by atoms with E-state index in [2.05, 4.69) is 31.7 Å². The van der Waals surface area contributed by atoms with Gasteiger partial charge in [0, 0.05) is 17.3 Å². The van der Waals surface area contributed by atoms with Crippen LogP contribution in [0.4, 0.5) is 23.3 Å². The van der Waals surface area contributed by atoms with Crippen LogP contribution in [0.1, 0.15) is 54.4 Å². The number of nitrogens with one attached hydrogen (secondary N) is 3. The molecule has 0 aliphatic heterocycles. The van der Waals surface area contributed by atoms with E-state index in [1.807, 2.05) is 44.2 Å². The fraction of sp³-hybridized carbons (Fsp3) is 0.308. The number of anilines is 4. The Morgan fingerprint density at radius 3 is 2.59 bits per heavy atom. The topological polar surface area (TPSA) is 126 Å². The highest BCUT2D eigenvalue weighted by molar-refractivity contribution is 6.16. The minimum atomic E-state index is 0.288. The van der Waals surface area contributed by atoms with Crippen molar-refractivity contribution < 1.29 is 4.42 Å². The van der Waals surface area contributed by atoms with Gasteiger partial charge in [-0.1, -0.05) is 37.5 Å². The molecule has 0 spiro atoms. The number of nitrogens with two attached hydrogens (primary N) is 1. The number of rotatable bonds is 6. The molecule has 0 amide bonds. The van der Waals surface area contributed by atoms with Crippen LogP contribution in [0.3, 0.4) is 0 Å². The Morgan fingerprint density at radius 2 is 1.82 bits per heavy atom. The number of nitrogen functional groups attached to an aromatic ring is 1. The summed E-state index contributed by atoms with van der Waals surface area (Å²) in [5.74, 6) is 0.932. The quantitative estimate of drug-likeness (QED) is 0.274. The maximum absolute atomic E-state index is 8.83. The van der Waals surface area contributed by atoms with Gasteiger partial charge in [0.15, 0.2) is 5.58 Å². The summed E-state index contributed by atoms with van der Waals surface area (Å²) < 4.78 is 5.90.